The molecule has 0 saturated heterocycles. The van der Waals surface area contributed by atoms with Gasteiger partial charge in [-0.15, -0.1) is 11.3 Å². The number of nitrogens with one attached hydrogen (secondary N) is 1. The van der Waals surface area contributed by atoms with Crippen LogP contribution >= 0.6 is 11.3 Å². The summed E-state index contributed by atoms with van der Waals surface area (Å²) >= 11 is 1.48. The Bertz CT molecular complexity index is 891. The minimum absolute atomic E-state index is 0.327. The number of aryl methyl sites for hydroxylation is 1. The van der Waals surface area contributed by atoms with E-state index >= 15 is 0 Å². The van der Waals surface area contributed by atoms with Crippen molar-refractivity contribution < 1.29 is 23.8 Å². The van der Waals surface area contributed by atoms with Crippen molar-refractivity contribution in [2.24, 2.45) is 5.92 Å². The quantitative estimate of drug-likeness (QED) is 0.788. The number of carbonyl (C=O) groups is 2. The lowest BCUT2D eigenvalue weighted by molar-refractivity contribution is -0.119. The van der Waals surface area contributed by atoms with Crippen molar-refractivity contribution in [1.29, 1.82) is 0 Å². The van der Waals surface area contributed by atoms with Gasteiger partial charge < -0.3 is 19.5 Å². The molecule has 0 bridgehead atoms. The molecule has 0 saturated carbocycles. The number of ether oxygens (including phenoxy) is 3. The zero-order valence-electron chi connectivity index (χ0n) is 15.8. The molecule has 148 valence electrons. The number of carbonyl (C=O) groups excluding carboxylic acids is 2. The minimum Gasteiger partial charge on any atom is -0.490 e. The summed E-state index contributed by atoms with van der Waals surface area (Å²) < 4.78 is 16.4. The van der Waals surface area contributed by atoms with Crippen LogP contribution in [0.1, 0.15) is 39.9 Å². The molecule has 1 aliphatic carbocycles. The van der Waals surface area contributed by atoms with Crippen LogP contribution in [0.25, 0.3) is 0 Å². The standard InChI is InChI=1S/C21H23NO5S/c1-13-3-6-18-14(9-13)10-19(28-18)21(24)27-12-20(23)22-15-4-5-16-17(11-15)26-8-2-7-25-16/h4-5,10-11,13H,2-3,6-9,12H2,1H3,(H,22,23)/t13-/m1/s1. The molecule has 7 heteroatoms. The molecule has 6 nitrogen and oxygen atoms in total. The number of esters is 1. The van der Waals surface area contributed by atoms with Crippen molar-refractivity contribution >= 4 is 28.9 Å². The van der Waals surface area contributed by atoms with Crippen LogP contribution in [-0.4, -0.2) is 31.7 Å². The van der Waals surface area contributed by atoms with Crippen LogP contribution in [0.2, 0.25) is 0 Å². The fourth-order valence-corrected chi connectivity index (χ4v) is 4.55. The van der Waals surface area contributed by atoms with Gasteiger partial charge in [-0.05, 0) is 48.9 Å². The van der Waals surface area contributed by atoms with Gasteiger partial charge >= 0.3 is 5.97 Å². The maximum Gasteiger partial charge on any atom is 0.348 e. The van der Waals surface area contributed by atoms with E-state index in [2.05, 4.69) is 12.2 Å². The van der Waals surface area contributed by atoms with E-state index in [9.17, 15) is 9.59 Å². The monoisotopic (exact) mass is 401 g/mol. The van der Waals surface area contributed by atoms with Crippen molar-refractivity contribution in [3.63, 3.8) is 0 Å². The number of benzene rings is 1. The first-order chi connectivity index (χ1) is 13.6. The van der Waals surface area contributed by atoms with Crippen LogP contribution in [0.15, 0.2) is 24.3 Å². The van der Waals surface area contributed by atoms with E-state index in [1.54, 1.807) is 18.2 Å². The summed E-state index contributed by atoms with van der Waals surface area (Å²) in [7, 11) is 0. The third-order valence-electron chi connectivity index (χ3n) is 4.90. The van der Waals surface area contributed by atoms with Crippen LogP contribution in [0.3, 0.4) is 0 Å². The molecule has 1 aromatic heterocycles. The highest BCUT2D eigenvalue weighted by Gasteiger charge is 2.22. The summed E-state index contributed by atoms with van der Waals surface area (Å²) in [5.41, 5.74) is 1.82. The number of thiophene rings is 1. The topological polar surface area (TPSA) is 73.9 Å². The van der Waals surface area contributed by atoms with E-state index < -0.39 is 11.9 Å². The van der Waals surface area contributed by atoms with Gasteiger partial charge in [-0.3, -0.25) is 4.79 Å². The predicted octanol–water partition coefficient (Wildman–Crippen LogP) is 3.83. The average Bonchev–Trinajstić information content (AvgIpc) is 2.96. The maximum atomic E-state index is 12.3. The molecule has 1 aliphatic heterocycles. The molecule has 28 heavy (non-hydrogen) atoms. The highest BCUT2D eigenvalue weighted by molar-refractivity contribution is 7.14. The largest absolute Gasteiger partial charge is 0.490 e. The Morgan fingerprint density at radius 2 is 2.04 bits per heavy atom. The maximum absolute atomic E-state index is 12.3. The number of hydrogen-bond donors (Lipinski definition) is 1. The summed E-state index contributed by atoms with van der Waals surface area (Å²) in [6.45, 7) is 3.08. The SMILES string of the molecule is C[C@@H]1CCc2sc(C(=O)OCC(=O)Nc3ccc4c(c3)OCCCO4)cc2C1. The first-order valence-corrected chi connectivity index (χ1v) is 10.4. The molecule has 1 N–H and O–H groups in total. The molecule has 0 fully saturated rings. The van der Waals surface area contributed by atoms with E-state index in [0.29, 0.717) is 41.2 Å². The second kappa shape index (κ2) is 8.22. The van der Waals surface area contributed by atoms with Crippen LogP contribution in [-0.2, 0) is 22.4 Å². The summed E-state index contributed by atoms with van der Waals surface area (Å²) in [6.07, 6.45) is 3.99. The van der Waals surface area contributed by atoms with Crippen LogP contribution in [0.5, 0.6) is 11.5 Å². The van der Waals surface area contributed by atoms with E-state index in [4.69, 9.17) is 14.2 Å². The zero-order chi connectivity index (χ0) is 19.5. The second-order valence-corrected chi connectivity index (χ2v) is 8.38. The summed E-state index contributed by atoms with van der Waals surface area (Å²) in [5.74, 6) is 1.08. The Morgan fingerprint density at radius 1 is 1.21 bits per heavy atom. The lowest BCUT2D eigenvalue weighted by Gasteiger charge is -2.16. The van der Waals surface area contributed by atoms with Crippen molar-refractivity contribution in [2.75, 3.05) is 25.1 Å². The lowest BCUT2D eigenvalue weighted by atomic mass is 9.90. The number of hydrogen-bond acceptors (Lipinski definition) is 6. The lowest BCUT2D eigenvalue weighted by Crippen LogP contribution is -2.20. The Kier molecular flexibility index (Phi) is 5.52. The fourth-order valence-electron chi connectivity index (χ4n) is 3.45. The van der Waals surface area contributed by atoms with E-state index in [-0.39, 0.29) is 6.61 Å². The number of rotatable bonds is 4. The van der Waals surface area contributed by atoms with E-state index in [0.717, 1.165) is 25.7 Å². The van der Waals surface area contributed by atoms with Gasteiger partial charge in [-0.1, -0.05) is 6.92 Å². The fraction of sp³-hybridized carbons (Fsp3) is 0.429. The summed E-state index contributed by atoms with van der Waals surface area (Å²) in [5, 5.41) is 2.73. The number of fused-ring (bicyclic) bond motifs is 2. The molecule has 4 rings (SSSR count). The van der Waals surface area contributed by atoms with Gasteiger partial charge in [0.1, 0.15) is 4.88 Å². The number of amides is 1. The van der Waals surface area contributed by atoms with Gasteiger partial charge in [0.05, 0.1) is 13.2 Å². The Labute approximate surface area is 167 Å². The highest BCUT2D eigenvalue weighted by atomic mass is 32.1. The third-order valence-corrected chi connectivity index (χ3v) is 6.11. The summed E-state index contributed by atoms with van der Waals surface area (Å²) in [6, 6.07) is 7.13. The molecule has 0 radical (unpaired) electrons. The normalized spacial score (nSPS) is 18.0. The second-order valence-electron chi connectivity index (χ2n) is 7.24. The summed E-state index contributed by atoms with van der Waals surface area (Å²) in [4.78, 5) is 26.3. The van der Waals surface area contributed by atoms with Crippen LogP contribution in [0, 0.1) is 5.92 Å². The van der Waals surface area contributed by atoms with Crippen molar-refractivity contribution in [2.45, 2.75) is 32.6 Å². The Balaban J connectivity index is 1.32. The van der Waals surface area contributed by atoms with Gasteiger partial charge in [0, 0.05) is 23.1 Å². The Morgan fingerprint density at radius 3 is 2.89 bits per heavy atom. The first-order valence-electron chi connectivity index (χ1n) is 9.56. The molecular weight excluding hydrogens is 378 g/mol. The van der Waals surface area contributed by atoms with E-state index in [1.165, 1.54) is 21.8 Å². The predicted molar refractivity (Wildman–Crippen MR) is 106 cm³/mol. The van der Waals surface area contributed by atoms with Gasteiger partial charge in [0.15, 0.2) is 18.1 Å². The van der Waals surface area contributed by atoms with Crippen molar-refractivity contribution in [3.05, 3.63) is 39.6 Å². The molecule has 2 heterocycles. The highest BCUT2D eigenvalue weighted by Crippen LogP contribution is 2.33. The van der Waals surface area contributed by atoms with Crippen molar-refractivity contribution in [1.82, 2.24) is 0 Å². The van der Waals surface area contributed by atoms with Gasteiger partial charge in [-0.25, -0.2) is 4.79 Å². The molecule has 1 amide bonds. The first kappa shape index (κ1) is 18.8. The minimum atomic E-state index is -0.444. The molecule has 1 atom stereocenters. The molecule has 0 unspecified atom stereocenters. The molecule has 2 aromatic rings. The Hall–Kier alpha value is -2.54. The van der Waals surface area contributed by atoms with Gasteiger partial charge in [0.2, 0.25) is 0 Å². The van der Waals surface area contributed by atoms with E-state index in [1.807, 2.05) is 6.07 Å². The van der Waals surface area contributed by atoms with Gasteiger partial charge in [0.25, 0.3) is 5.91 Å². The van der Waals surface area contributed by atoms with Crippen LogP contribution < -0.4 is 14.8 Å². The van der Waals surface area contributed by atoms with Gasteiger partial charge in [-0.2, -0.15) is 0 Å². The molecule has 0 spiro atoms. The number of anilines is 1. The zero-order valence-corrected chi connectivity index (χ0v) is 16.6. The molecule has 1 aromatic carbocycles. The average molecular weight is 401 g/mol. The smallest absolute Gasteiger partial charge is 0.348 e. The molecule has 2 aliphatic rings. The van der Waals surface area contributed by atoms with Crippen LogP contribution in [0.4, 0.5) is 5.69 Å². The molecular formula is C21H23NO5S. The van der Waals surface area contributed by atoms with Crippen molar-refractivity contribution in [3.8, 4) is 11.5 Å². The third kappa shape index (κ3) is 4.30.